The van der Waals surface area contributed by atoms with Crippen LogP contribution in [0.5, 0.6) is 0 Å². The van der Waals surface area contributed by atoms with E-state index in [2.05, 4.69) is 10.6 Å². The minimum Gasteiger partial charge on any atom is -0.351 e. The number of rotatable bonds is 6. The van der Waals surface area contributed by atoms with Crippen LogP contribution in [0.3, 0.4) is 0 Å². The average molecular weight is 344 g/mol. The van der Waals surface area contributed by atoms with Gasteiger partial charge in [0, 0.05) is 18.0 Å². The summed E-state index contributed by atoms with van der Waals surface area (Å²) in [5.74, 6) is -0.176. The maximum Gasteiger partial charge on any atom is 0.252 e. The maximum absolute atomic E-state index is 11.9. The van der Waals surface area contributed by atoms with Crippen LogP contribution in [0.15, 0.2) is 17.0 Å². The van der Waals surface area contributed by atoms with Crippen molar-refractivity contribution in [1.82, 2.24) is 10.6 Å². The fourth-order valence-corrected chi connectivity index (χ4v) is 2.59. The summed E-state index contributed by atoms with van der Waals surface area (Å²) in [7, 11) is 0. The van der Waals surface area contributed by atoms with Gasteiger partial charge in [0.15, 0.2) is 0 Å². The van der Waals surface area contributed by atoms with Gasteiger partial charge in [-0.05, 0) is 24.9 Å². The topological polar surface area (TPSA) is 41.1 Å². The minimum absolute atomic E-state index is 0. The standard InChI is InChI=1S/C12H16Cl2N2OS.ClH/c1-3-15-4-5-16-12(17)8-6-11(18-2)10(14)7-9(8)13;/h6-7,15H,3-5H2,1-2H3,(H,16,17);1H. The molecule has 3 nitrogen and oxygen atoms in total. The van der Waals surface area contributed by atoms with Crippen molar-refractivity contribution in [3.63, 3.8) is 0 Å². The molecular formula is C12H17Cl3N2OS. The lowest BCUT2D eigenvalue weighted by atomic mass is 10.2. The largest absolute Gasteiger partial charge is 0.351 e. The van der Waals surface area contributed by atoms with Crippen molar-refractivity contribution in [2.45, 2.75) is 11.8 Å². The highest BCUT2D eigenvalue weighted by Crippen LogP contribution is 2.31. The van der Waals surface area contributed by atoms with E-state index in [1.165, 1.54) is 11.8 Å². The van der Waals surface area contributed by atoms with Crippen LogP contribution >= 0.6 is 47.4 Å². The Kier molecular flexibility index (Phi) is 9.66. The molecule has 1 aromatic rings. The summed E-state index contributed by atoms with van der Waals surface area (Å²) in [6, 6.07) is 3.33. The highest BCUT2D eigenvalue weighted by Gasteiger charge is 2.13. The number of hydrogen-bond donors (Lipinski definition) is 2. The van der Waals surface area contributed by atoms with Crippen LogP contribution in [0.1, 0.15) is 17.3 Å². The van der Waals surface area contributed by atoms with Crippen molar-refractivity contribution in [3.05, 3.63) is 27.7 Å². The van der Waals surface area contributed by atoms with Gasteiger partial charge in [0.25, 0.3) is 5.91 Å². The van der Waals surface area contributed by atoms with Gasteiger partial charge in [0.1, 0.15) is 0 Å². The van der Waals surface area contributed by atoms with Gasteiger partial charge >= 0.3 is 0 Å². The first-order chi connectivity index (χ1) is 8.60. The summed E-state index contributed by atoms with van der Waals surface area (Å²) in [6.45, 7) is 4.21. The molecule has 0 aliphatic heterocycles. The molecule has 0 saturated heterocycles. The van der Waals surface area contributed by atoms with E-state index in [0.29, 0.717) is 22.2 Å². The number of benzene rings is 1. The summed E-state index contributed by atoms with van der Waals surface area (Å²) >= 11 is 13.5. The Hall–Kier alpha value is -0.130. The number of carbonyl (C=O) groups is 1. The van der Waals surface area contributed by atoms with Gasteiger partial charge in [-0.3, -0.25) is 4.79 Å². The van der Waals surface area contributed by atoms with E-state index in [1.54, 1.807) is 12.1 Å². The number of nitrogens with one attached hydrogen (secondary N) is 2. The molecule has 1 aromatic carbocycles. The number of thioether (sulfide) groups is 1. The van der Waals surface area contributed by atoms with Gasteiger partial charge in [0.05, 0.1) is 15.6 Å². The molecule has 0 aromatic heterocycles. The molecule has 0 radical (unpaired) electrons. The van der Waals surface area contributed by atoms with Crippen molar-refractivity contribution in [2.75, 3.05) is 25.9 Å². The van der Waals surface area contributed by atoms with E-state index in [9.17, 15) is 4.79 Å². The lowest BCUT2D eigenvalue weighted by molar-refractivity contribution is 0.0954. The van der Waals surface area contributed by atoms with Crippen LogP contribution < -0.4 is 10.6 Å². The second kappa shape index (κ2) is 9.72. The van der Waals surface area contributed by atoms with Gasteiger partial charge in [-0.15, -0.1) is 24.2 Å². The predicted octanol–water partition coefficient (Wildman–Crippen LogP) is 3.48. The molecule has 2 N–H and O–H groups in total. The molecule has 0 spiro atoms. The summed E-state index contributed by atoms with van der Waals surface area (Å²) < 4.78 is 0. The average Bonchev–Trinajstić information content (AvgIpc) is 2.34. The lowest BCUT2D eigenvalue weighted by Crippen LogP contribution is -2.31. The molecule has 0 bridgehead atoms. The molecular weight excluding hydrogens is 327 g/mol. The van der Waals surface area contributed by atoms with Gasteiger partial charge in [-0.25, -0.2) is 0 Å². The number of carbonyl (C=O) groups excluding carboxylic acids is 1. The Balaban J connectivity index is 0.00000324. The number of hydrogen-bond acceptors (Lipinski definition) is 3. The first kappa shape index (κ1) is 18.9. The molecule has 19 heavy (non-hydrogen) atoms. The van der Waals surface area contributed by atoms with E-state index in [1.807, 2.05) is 13.2 Å². The zero-order chi connectivity index (χ0) is 13.5. The monoisotopic (exact) mass is 342 g/mol. The van der Waals surface area contributed by atoms with E-state index >= 15 is 0 Å². The van der Waals surface area contributed by atoms with Gasteiger partial charge < -0.3 is 10.6 Å². The smallest absolute Gasteiger partial charge is 0.252 e. The molecule has 0 atom stereocenters. The van der Waals surface area contributed by atoms with Crippen LogP contribution in [0, 0.1) is 0 Å². The van der Waals surface area contributed by atoms with Crippen LogP contribution in [-0.2, 0) is 0 Å². The summed E-state index contributed by atoms with van der Waals surface area (Å²) in [4.78, 5) is 12.8. The first-order valence-corrected chi connectivity index (χ1v) is 7.60. The number of likely N-dealkylation sites (N-methyl/N-ethyl adjacent to an activating group) is 1. The molecule has 0 fully saturated rings. The Morgan fingerprint density at radius 2 is 1.95 bits per heavy atom. The highest BCUT2D eigenvalue weighted by atomic mass is 35.5. The molecule has 0 aliphatic rings. The Labute approximate surface area is 134 Å². The first-order valence-electron chi connectivity index (χ1n) is 5.62. The predicted molar refractivity (Wildman–Crippen MR) is 86.4 cm³/mol. The fraction of sp³-hybridized carbons (Fsp3) is 0.417. The minimum atomic E-state index is -0.176. The van der Waals surface area contributed by atoms with Crippen molar-refractivity contribution in [2.24, 2.45) is 0 Å². The summed E-state index contributed by atoms with van der Waals surface area (Å²) in [5, 5.41) is 6.88. The summed E-state index contributed by atoms with van der Waals surface area (Å²) in [5.41, 5.74) is 0.460. The lowest BCUT2D eigenvalue weighted by Gasteiger charge is -2.09. The Morgan fingerprint density at radius 1 is 1.26 bits per heavy atom. The third-order valence-electron chi connectivity index (χ3n) is 2.32. The third kappa shape index (κ3) is 5.79. The molecule has 1 rings (SSSR count). The van der Waals surface area contributed by atoms with Crippen LogP contribution in [0.4, 0.5) is 0 Å². The second-order valence-corrected chi connectivity index (χ2v) is 5.24. The Morgan fingerprint density at radius 3 is 2.53 bits per heavy atom. The van der Waals surface area contributed by atoms with E-state index in [4.69, 9.17) is 23.2 Å². The highest BCUT2D eigenvalue weighted by molar-refractivity contribution is 7.98. The molecule has 0 aliphatic carbocycles. The molecule has 0 saturated carbocycles. The molecule has 7 heteroatoms. The number of amides is 1. The molecule has 0 heterocycles. The van der Waals surface area contributed by atoms with Crippen molar-refractivity contribution in [3.8, 4) is 0 Å². The normalized spacial score (nSPS) is 9.89. The second-order valence-electron chi connectivity index (χ2n) is 3.58. The number of halogens is 3. The molecule has 0 unspecified atom stereocenters. The zero-order valence-electron chi connectivity index (χ0n) is 10.8. The van der Waals surface area contributed by atoms with Crippen molar-refractivity contribution >= 4 is 53.3 Å². The van der Waals surface area contributed by atoms with E-state index < -0.39 is 0 Å². The van der Waals surface area contributed by atoms with Gasteiger partial charge in [-0.1, -0.05) is 30.1 Å². The fourth-order valence-electron chi connectivity index (χ4n) is 1.40. The van der Waals surface area contributed by atoms with Gasteiger partial charge in [-0.2, -0.15) is 0 Å². The Bertz CT molecular complexity index is 430. The van der Waals surface area contributed by atoms with Crippen LogP contribution in [0.25, 0.3) is 0 Å². The van der Waals surface area contributed by atoms with Crippen LogP contribution in [0.2, 0.25) is 10.0 Å². The van der Waals surface area contributed by atoms with Gasteiger partial charge in [0.2, 0.25) is 0 Å². The zero-order valence-corrected chi connectivity index (χ0v) is 13.9. The third-order valence-corrected chi connectivity index (χ3v) is 3.84. The maximum atomic E-state index is 11.9. The quantitative estimate of drug-likeness (QED) is 0.614. The van der Waals surface area contributed by atoms with E-state index in [0.717, 1.165) is 18.0 Å². The summed E-state index contributed by atoms with van der Waals surface area (Å²) in [6.07, 6.45) is 1.90. The molecule has 108 valence electrons. The SMILES string of the molecule is CCNCCNC(=O)c1cc(SC)c(Cl)cc1Cl.Cl. The molecule has 1 amide bonds. The van der Waals surface area contributed by atoms with Crippen LogP contribution in [-0.4, -0.2) is 31.8 Å². The van der Waals surface area contributed by atoms with Crippen molar-refractivity contribution < 1.29 is 4.79 Å². The van der Waals surface area contributed by atoms with E-state index in [-0.39, 0.29) is 18.3 Å². The van der Waals surface area contributed by atoms with Crippen molar-refractivity contribution in [1.29, 1.82) is 0 Å².